The van der Waals surface area contributed by atoms with Gasteiger partial charge in [0.25, 0.3) is 5.88 Å². The lowest BCUT2D eigenvalue weighted by atomic mass is 10.2. The highest BCUT2D eigenvalue weighted by molar-refractivity contribution is 7.84. The molecule has 0 spiro atoms. The van der Waals surface area contributed by atoms with Crippen molar-refractivity contribution in [1.29, 1.82) is 0 Å². The maximum Gasteiger partial charge on any atom is 0.254 e. The molecule has 0 aliphatic rings. The van der Waals surface area contributed by atoms with E-state index in [1.165, 1.54) is 0 Å². The molecule has 0 saturated carbocycles. The minimum Gasteiger partial charge on any atom is -0.471 e. The predicted octanol–water partition coefficient (Wildman–Crippen LogP) is 4.17. The Morgan fingerprint density at radius 1 is 1.38 bits per heavy atom. The Bertz CT molecular complexity index is 662. The molecule has 0 unspecified atom stereocenters. The van der Waals surface area contributed by atoms with Crippen LogP contribution in [0, 0.1) is 0 Å². The van der Waals surface area contributed by atoms with Crippen LogP contribution in [0.3, 0.4) is 0 Å². The van der Waals surface area contributed by atoms with Crippen LogP contribution >= 0.6 is 0 Å². The molecule has 0 aliphatic carbocycles. The first-order valence-electron chi connectivity index (χ1n) is 7.34. The van der Waals surface area contributed by atoms with E-state index in [0.717, 1.165) is 5.56 Å². The summed E-state index contributed by atoms with van der Waals surface area (Å²) >= 11 is 0. The van der Waals surface area contributed by atoms with Crippen molar-refractivity contribution in [2.45, 2.75) is 45.6 Å². The summed E-state index contributed by atoms with van der Waals surface area (Å²) in [6.45, 7) is 9.84. The van der Waals surface area contributed by atoms with Crippen molar-refractivity contribution in [3.8, 4) is 5.88 Å². The van der Waals surface area contributed by atoms with Crippen LogP contribution in [0.5, 0.6) is 5.88 Å². The Hall–Kier alpha value is -1.92. The first kappa shape index (κ1) is 20.1. The van der Waals surface area contributed by atoms with E-state index in [-0.39, 0.29) is 12.2 Å². The van der Waals surface area contributed by atoms with Crippen molar-refractivity contribution in [3.63, 3.8) is 0 Å². The van der Waals surface area contributed by atoms with Crippen LogP contribution in [0.1, 0.15) is 45.6 Å². The van der Waals surface area contributed by atoms with Crippen molar-refractivity contribution in [3.05, 3.63) is 60.4 Å². The number of hydrogen-bond acceptors (Lipinski definition) is 4. The zero-order valence-corrected chi connectivity index (χ0v) is 14.4. The quantitative estimate of drug-likeness (QED) is 0.761. The van der Waals surface area contributed by atoms with E-state index >= 15 is 0 Å². The van der Waals surface area contributed by atoms with Gasteiger partial charge in [-0.25, -0.2) is 8.93 Å². The second kappa shape index (κ2) is 8.80. The van der Waals surface area contributed by atoms with Gasteiger partial charge in [0, 0.05) is 6.07 Å². The molecule has 0 fully saturated rings. The van der Waals surface area contributed by atoms with Crippen LogP contribution in [-0.2, 0) is 17.6 Å². The molecule has 2 atom stereocenters. The smallest absolute Gasteiger partial charge is 0.254 e. The first-order valence-corrected chi connectivity index (χ1v) is 8.49. The summed E-state index contributed by atoms with van der Waals surface area (Å²) in [5.74, 6) is 0.903. The van der Waals surface area contributed by atoms with Gasteiger partial charge >= 0.3 is 0 Å². The molecule has 1 aromatic carbocycles. The minimum absolute atomic E-state index is 0. The SMILES string of the molecule is C.C=C[C@H](N[S@@](=O)C(C)(C)C)c1cc(OCc2ccccc2)no1. The zero-order valence-electron chi connectivity index (χ0n) is 13.6. The number of nitrogens with one attached hydrogen (secondary N) is 1. The van der Waals surface area contributed by atoms with Gasteiger partial charge in [0.15, 0.2) is 5.76 Å². The fraction of sp³-hybridized carbons (Fsp3) is 0.389. The largest absolute Gasteiger partial charge is 0.471 e. The molecule has 1 N–H and O–H groups in total. The third kappa shape index (κ3) is 5.62. The lowest BCUT2D eigenvalue weighted by Gasteiger charge is -2.20. The number of nitrogens with zero attached hydrogens (tertiary/aromatic N) is 1. The van der Waals surface area contributed by atoms with E-state index in [1.807, 2.05) is 51.1 Å². The molecule has 0 radical (unpaired) electrons. The maximum atomic E-state index is 12.2. The predicted molar refractivity (Wildman–Crippen MR) is 98.0 cm³/mol. The molecule has 2 rings (SSSR count). The number of ether oxygens (including phenoxy) is 1. The van der Waals surface area contributed by atoms with Crippen LogP contribution in [0.2, 0.25) is 0 Å². The number of rotatable bonds is 7. The van der Waals surface area contributed by atoms with E-state index < -0.39 is 17.0 Å². The maximum absolute atomic E-state index is 12.2. The molecule has 2 aromatic rings. The van der Waals surface area contributed by atoms with E-state index in [2.05, 4.69) is 16.5 Å². The Labute approximate surface area is 146 Å². The molecule has 132 valence electrons. The monoisotopic (exact) mass is 350 g/mol. The van der Waals surface area contributed by atoms with E-state index in [0.29, 0.717) is 18.2 Å². The van der Waals surface area contributed by atoms with Gasteiger partial charge in [-0.3, -0.25) is 0 Å². The second-order valence-corrected chi connectivity index (χ2v) is 8.05. The number of aromatic nitrogens is 1. The Kier molecular flexibility index (Phi) is 7.38. The zero-order chi connectivity index (χ0) is 16.9. The molecule has 0 saturated heterocycles. The Balaban J connectivity index is 0.00000288. The van der Waals surface area contributed by atoms with Crippen molar-refractivity contribution < 1.29 is 13.5 Å². The summed E-state index contributed by atoms with van der Waals surface area (Å²) in [6.07, 6.45) is 1.63. The summed E-state index contributed by atoms with van der Waals surface area (Å²) in [5, 5.41) is 3.89. The van der Waals surface area contributed by atoms with Gasteiger partial charge in [0.2, 0.25) is 0 Å². The van der Waals surface area contributed by atoms with Crippen molar-refractivity contribution in [1.82, 2.24) is 9.88 Å². The van der Waals surface area contributed by atoms with Gasteiger partial charge in [0.05, 0.1) is 21.8 Å². The standard InChI is InChI=1S/C17H22N2O3S.CH4/c1-5-14(19-23(20)17(2,3)4)15-11-16(18-22-15)21-12-13-9-7-6-8-10-13;/h5-11,14,19H,1,12H2,2-4H3;1H4/t14-,23-;/m0./s1. The lowest BCUT2D eigenvalue weighted by molar-refractivity contribution is 0.264. The highest BCUT2D eigenvalue weighted by Crippen LogP contribution is 2.22. The molecule has 24 heavy (non-hydrogen) atoms. The summed E-state index contributed by atoms with van der Waals surface area (Å²) in [5.41, 5.74) is 1.05. The van der Waals surface area contributed by atoms with Crippen LogP contribution in [-0.4, -0.2) is 14.1 Å². The summed E-state index contributed by atoms with van der Waals surface area (Å²) < 4.78 is 25.7. The summed E-state index contributed by atoms with van der Waals surface area (Å²) in [6, 6.07) is 11.1. The number of hydrogen-bond donors (Lipinski definition) is 1. The molecule has 0 bridgehead atoms. The second-order valence-electron chi connectivity index (χ2n) is 6.05. The van der Waals surface area contributed by atoms with Gasteiger partial charge in [-0.15, -0.1) is 6.58 Å². The molecule has 1 aromatic heterocycles. The van der Waals surface area contributed by atoms with Gasteiger partial charge in [-0.2, -0.15) is 0 Å². The van der Waals surface area contributed by atoms with Crippen LogP contribution in [0.25, 0.3) is 0 Å². The average molecular weight is 350 g/mol. The Morgan fingerprint density at radius 2 is 2.04 bits per heavy atom. The van der Waals surface area contributed by atoms with Crippen molar-refractivity contribution in [2.75, 3.05) is 0 Å². The van der Waals surface area contributed by atoms with Crippen LogP contribution in [0.4, 0.5) is 0 Å². The van der Waals surface area contributed by atoms with Gasteiger partial charge in [-0.1, -0.05) is 43.8 Å². The highest BCUT2D eigenvalue weighted by Gasteiger charge is 2.24. The third-order valence-corrected chi connectivity index (χ3v) is 4.65. The Morgan fingerprint density at radius 3 is 2.62 bits per heavy atom. The molecular formula is C18H26N2O3S. The van der Waals surface area contributed by atoms with Gasteiger partial charge < -0.3 is 9.26 Å². The fourth-order valence-electron chi connectivity index (χ4n) is 1.73. The van der Waals surface area contributed by atoms with Crippen LogP contribution in [0.15, 0.2) is 53.6 Å². The highest BCUT2D eigenvalue weighted by atomic mass is 32.2. The van der Waals surface area contributed by atoms with Gasteiger partial charge in [-0.05, 0) is 31.5 Å². The first-order chi connectivity index (χ1) is 10.9. The minimum atomic E-state index is -1.24. The van der Waals surface area contributed by atoms with E-state index in [9.17, 15) is 4.21 Å². The third-order valence-electron chi connectivity index (χ3n) is 3.07. The molecule has 5 nitrogen and oxygen atoms in total. The van der Waals surface area contributed by atoms with Crippen molar-refractivity contribution >= 4 is 11.0 Å². The number of benzene rings is 1. The molecule has 0 amide bonds. The summed E-state index contributed by atoms with van der Waals surface area (Å²) in [7, 11) is -1.24. The van der Waals surface area contributed by atoms with Crippen molar-refractivity contribution in [2.24, 2.45) is 0 Å². The molecule has 0 aliphatic heterocycles. The van der Waals surface area contributed by atoms with Crippen LogP contribution < -0.4 is 9.46 Å². The normalized spacial score (nSPS) is 13.6. The molecule has 6 heteroatoms. The van der Waals surface area contributed by atoms with E-state index in [1.54, 1.807) is 12.1 Å². The van der Waals surface area contributed by atoms with E-state index in [4.69, 9.17) is 9.26 Å². The van der Waals surface area contributed by atoms with Gasteiger partial charge in [0.1, 0.15) is 6.61 Å². The lowest BCUT2D eigenvalue weighted by Crippen LogP contribution is -2.35. The molecular weight excluding hydrogens is 324 g/mol. The molecule has 1 heterocycles. The average Bonchev–Trinajstić information content (AvgIpc) is 2.99. The fourth-order valence-corrected chi connectivity index (χ4v) is 2.53. The summed E-state index contributed by atoms with van der Waals surface area (Å²) in [4.78, 5) is 0. The topological polar surface area (TPSA) is 64.4 Å².